The minimum absolute atomic E-state index is 0.0594. The number of methoxy groups -OCH3 is 1. The van der Waals surface area contributed by atoms with Gasteiger partial charge in [-0.3, -0.25) is 10.1 Å². The van der Waals surface area contributed by atoms with Crippen LogP contribution in [-0.4, -0.2) is 44.8 Å². The summed E-state index contributed by atoms with van der Waals surface area (Å²) >= 11 is 1.31. The van der Waals surface area contributed by atoms with E-state index in [1.165, 1.54) is 43.6 Å². The number of rotatable bonds is 5. The van der Waals surface area contributed by atoms with Crippen molar-refractivity contribution in [2.24, 2.45) is 0 Å². The van der Waals surface area contributed by atoms with Crippen molar-refractivity contribution in [1.29, 1.82) is 0 Å². The highest BCUT2D eigenvalue weighted by Gasteiger charge is 2.19. The number of benzene rings is 2. The van der Waals surface area contributed by atoms with Crippen molar-refractivity contribution in [3.8, 4) is 5.75 Å². The van der Waals surface area contributed by atoms with Crippen molar-refractivity contribution in [3.05, 3.63) is 48.0 Å². The maximum Gasteiger partial charge on any atom is 0.257 e. The lowest BCUT2D eigenvalue weighted by atomic mass is 10.2. The molecule has 0 aliphatic rings. The number of carbonyl (C=O) groups excluding carboxylic acids is 1. The fraction of sp³-hybridized carbons (Fsp3) is 0.176. The van der Waals surface area contributed by atoms with E-state index < -0.39 is 15.9 Å². The van der Waals surface area contributed by atoms with E-state index in [1.54, 1.807) is 19.2 Å². The van der Waals surface area contributed by atoms with Gasteiger partial charge >= 0.3 is 0 Å². The van der Waals surface area contributed by atoms with Gasteiger partial charge in [0.1, 0.15) is 5.75 Å². The normalized spacial score (nSPS) is 11.7. The number of carbonyl (C=O) groups is 1. The second kappa shape index (κ2) is 7.02. The SMILES string of the molecule is COc1ccc2nc(NC(=O)c3cccc(S(=O)(=O)N(C)C)c3)sc2c1. The van der Waals surface area contributed by atoms with Gasteiger partial charge in [-0.1, -0.05) is 17.4 Å². The number of nitrogens with one attached hydrogen (secondary N) is 1. The second-order valence-corrected chi connectivity index (χ2v) is 8.80. The summed E-state index contributed by atoms with van der Waals surface area (Å²) in [6, 6.07) is 11.3. The van der Waals surface area contributed by atoms with Gasteiger partial charge in [0.2, 0.25) is 10.0 Å². The largest absolute Gasteiger partial charge is 0.497 e. The Morgan fingerprint density at radius 3 is 2.65 bits per heavy atom. The van der Waals surface area contributed by atoms with Crippen LogP contribution in [0.3, 0.4) is 0 Å². The Labute approximate surface area is 155 Å². The molecule has 0 unspecified atom stereocenters. The predicted molar refractivity (Wildman–Crippen MR) is 101 cm³/mol. The molecule has 136 valence electrons. The molecule has 26 heavy (non-hydrogen) atoms. The highest BCUT2D eigenvalue weighted by atomic mass is 32.2. The van der Waals surface area contributed by atoms with E-state index in [0.29, 0.717) is 10.9 Å². The van der Waals surface area contributed by atoms with Crippen LogP contribution in [0.5, 0.6) is 5.75 Å². The molecule has 0 saturated carbocycles. The van der Waals surface area contributed by atoms with E-state index in [1.807, 2.05) is 12.1 Å². The van der Waals surface area contributed by atoms with Gasteiger partial charge in [-0.25, -0.2) is 17.7 Å². The summed E-state index contributed by atoms with van der Waals surface area (Å²) in [7, 11) is 0.859. The molecule has 0 atom stereocenters. The molecule has 0 radical (unpaired) electrons. The first-order valence-corrected chi connectivity index (χ1v) is 9.85. The van der Waals surface area contributed by atoms with Crippen LogP contribution in [0.4, 0.5) is 5.13 Å². The molecule has 0 aliphatic carbocycles. The summed E-state index contributed by atoms with van der Waals surface area (Å²) in [5.74, 6) is 0.285. The monoisotopic (exact) mass is 391 g/mol. The first-order chi connectivity index (χ1) is 12.3. The highest BCUT2D eigenvalue weighted by molar-refractivity contribution is 7.89. The van der Waals surface area contributed by atoms with Crippen molar-refractivity contribution in [2.75, 3.05) is 26.5 Å². The van der Waals surface area contributed by atoms with Gasteiger partial charge in [-0.15, -0.1) is 0 Å². The Morgan fingerprint density at radius 2 is 1.96 bits per heavy atom. The Kier molecular flexibility index (Phi) is 4.94. The molecule has 0 saturated heterocycles. The first kappa shape index (κ1) is 18.3. The van der Waals surface area contributed by atoms with Crippen molar-refractivity contribution < 1.29 is 17.9 Å². The summed E-state index contributed by atoms with van der Waals surface area (Å²) in [4.78, 5) is 16.9. The summed E-state index contributed by atoms with van der Waals surface area (Å²) < 4.78 is 31.6. The van der Waals surface area contributed by atoms with Gasteiger partial charge in [-0.2, -0.15) is 0 Å². The lowest BCUT2D eigenvalue weighted by Crippen LogP contribution is -2.22. The number of nitrogens with zero attached hydrogens (tertiary/aromatic N) is 2. The van der Waals surface area contributed by atoms with Crippen LogP contribution in [0.15, 0.2) is 47.4 Å². The Bertz CT molecular complexity index is 1070. The number of amides is 1. The van der Waals surface area contributed by atoms with E-state index >= 15 is 0 Å². The number of aromatic nitrogens is 1. The van der Waals surface area contributed by atoms with Crippen LogP contribution in [-0.2, 0) is 10.0 Å². The molecule has 7 nitrogen and oxygen atoms in total. The molecule has 0 fully saturated rings. The van der Waals surface area contributed by atoms with Crippen LogP contribution in [0.2, 0.25) is 0 Å². The first-order valence-electron chi connectivity index (χ1n) is 7.60. The molecule has 0 spiro atoms. The number of sulfonamides is 1. The third kappa shape index (κ3) is 3.55. The molecular formula is C17H17N3O4S2. The average Bonchev–Trinajstić information content (AvgIpc) is 3.02. The lowest BCUT2D eigenvalue weighted by molar-refractivity contribution is 0.102. The molecule has 1 heterocycles. The van der Waals surface area contributed by atoms with Crippen molar-refractivity contribution in [2.45, 2.75) is 4.90 Å². The number of ether oxygens (including phenoxy) is 1. The minimum Gasteiger partial charge on any atom is -0.497 e. The molecule has 3 rings (SSSR count). The molecule has 0 bridgehead atoms. The van der Waals surface area contributed by atoms with E-state index in [9.17, 15) is 13.2 Å². The van der Waals surface area contributed by atoms with Crippen LogP contribution in [0.25, 0.3) is 10.2 Å². The number of anilines is 1. The fourth-order valence-corrected chi connectivity index (χ4v) is 4.10. The van der Waals surface area contributed by atoms with Crippen LogP contribution in [0.1, 0.15) is 10.4 Å². The third-order valence-electron chi connectivity index (χ3n) is 3.69. The Morgan fingerprint density at radius 1 is 1.19 bits per heavy atom. The van der Waals surface area contributed by atoms with Crippen molar-refractivity contribution >= 4 is 42.6 Å². The minimum atomic E-state index is -3.61. The van der Waals surface area contributed by atoms with Gasteiger partial charge in [-0.05, 0) is 36.4 Å². The van der Waals surface area contributed by atoms with Crippen LogP contribution >= 0.6 is 11.3 Å². The zero-order chi connectivity index (χ0) is 18.9. The van der Waals surface area contributed by atoms with Crippen LogP contribution < -0.4 is 10.1 Å². The number of fused-ring (bicyclic) bond motifs is 1. The molecule has 1 amide bonds. The molecule has 3 aromatic rings. The Hall–Kier alpha value is -2.49. The van der Waals surface area contributed by atoms with Gasteiger partial charge in [0.05, 0.1) is 22.2 Å². The van der Waals surface area contributed by atoms with E-state index in [0.717, 1.165) is 14.5 Å². The van der Waals surface area contributed by atoms with Gasteiger partial charge in [0.25, 0.3) is 5.91 Å². The summed E-state index contributed by atoms with van der Waals surface area (Å²) in [6.45, 7) is 0. The van der Waals surface area contributed by atoms with Gasteiger partial charge < -0.3 is 4.74 Å². The van der Waals surface area contributed by atoms with Crippen molar-refractivity contribution in [1.82, 2.24) is 9.29 Å². The molecular weight excluding hydrogens is 374 g/mol. The van der Waals surface area contributed by atoms with Gasteiger partial charge in [0, 0.05) is 19.7 Å². The summed E-state index contributed by atoms with van der Waals surface area (Å²) in [5.41, 5.74) is 0.986. The maximum absolute atomic E-state index is 12.5. The standard InChI is InChI=1S/C17H17N3O4S2/c1-20(2)26(22,23)13-6-4-5-11(9-13)16(21)19-17-18-14-8-7-12(24-3)10-15(14)25-17/h4-10H,1-3H3,(H,18,19,21). The zero-order valence-corrected chi connectivity index (χ0v) is 16.0. The van der Waals surface area contributed by atoms with E-state index in [2.05, 4.69) is 10.3 Å². The molecule has 1 aromatic heterocycles. The average molecular weight is 391 g/mol. The number of hydrogen-bond donors (Lipinski definition) is 1. The number of thiazole rings is 1. The maximum atomic E-state index is 12.5. The summed E-state index contributed by atoms with van der Waals surface area (Å²) in [6.07, 6.45) is 0. The molecule has 9 heteroatoms. The zero-order valence-electron chi connectivity index (χ0n) is 14.4. The quantitative estimate of drug-likeness (QED) is 0.722. The van der Waals surface area contributed by atoms with E-state index in [4.69, 9.17) is 4.74 Å². The van der Waals surface area contributed by atoms with Crippen molar-refractivity contribution in [3.63, 3.8) is 0 Å². The molecule has 2 aromatic carbocycles. The highest BCUT2D eigenvalue weighted by Crippen LogP contribution is 2.29. The summed E-state index contributed by atoms with van der Waals surface area (Å²) in [5, 5.41) is 3.14. The second-order valence-electron chi connectivity index (χ2n) is 5.62. The third-order valence-corrected chi connectivity index (χ3v) is 6.44. The lowest BCUT2D eigenvalue weighted by Gasteiger charge is -2.12. The Balaban J connectivity index is 1.86. The fourth-order valence-electron chi connectivity index (χ4n) is 2.26. The predicted octanol–water partition coefficient (Wildman–Crippen LogP) is 2.81. The number of hydrogen-bond acceptors (Lipinski definition) is 6. The molecule has 1 N–H and O–H groups in total. The van der Waals surface area contributed by atoms with Gasteiger partial charge in [0.15, 0.2) is 5.13 Å². The van der Waals surface area contributed by atoms with E-state index in [-0.39, 0.29) is 10.5 Å². The van der Waals surface area contributed by atoms with Crippen LogP contribution in [0, 0.1) is 0 Å². The molecule has 0 aliphatic heterocycles. The smallest absolute Gasteiger partial charge is 0.257 e. The topological polar surface area (TPSA) is 88.6 Å².